The smallest absolute Gasteiger partial charge is 0.327 e. The molecule has 228 valence electrons. The summed E-state index contributed by atoms with van der Waals surface area (Å²) in [4.78, 5) is 24.2. The van der Waals surface area contributed by atoms with Crippen molar-refractivity contribution in [2.75, 3.05) is 36.0 Å². The molecule has 0 amide bonds. The van der Waals surface area contributed by atoms with Crippen molar-refractivity contribution in [3.63, 3.8) is 0 Å². The van der Waals surface area contributed by atoms with Crippen LogP contribution in [0.1, 0.15) is 33.6 Å². The highest BCUT2D eigenvalue weighted by Crippen LogP contribution is 2.31. The van der Waals surface area contributed by atoms with Gasteiger partial charge in [0.15, 0.2) is 5.82 Å². The van der Waals surface area contributed by atoms with Gasteiger partial charge in [0.05, 0.1) is 28.5 Å². The average Bonchev–Trinajstić information content (AvgIpc) is 3.38. The highest BCUT2D eigenvalue weighted by atomic mass is 35.5. The number of aromatic nitrogens is 3. The number of rotatable bonds is 8. The van der Waals surface area contributed by atoms with Gasteiger partial charge in [0, 0.05) is 47.9 Å². The Kier molecular flexibility index (Phi) is 8.89. The second kappa shape index (κ2) is 12.3. The summed E-state index contributed by atoms with van der Waals surface area (Å²) in [6, 6.07) is 11.3. The molecule has 2 aromatic carbocycles. The number of benzene rings is 2. The van der Waals surface area contributed by atoms with Crippen molar-refractivity contribution in [2.24, 2.45) is 0 Å². The van der Waals surface area contributed by atoms with E-state index >= 15 is 0 Å². The molecule has 10 nitrogen and oxygen atoms in total. The number of sulfonamides is 1. The first-order valence-electron chi connectivity index (χ1n) is 13.8. The zero-order valence-electron chi connectivity index (χ0n) is 24.3. The Hall–Kier alpha value is -3.38. The monoisotopic (exact) mass is 645 g/mol. The molecule has 13 heteroatoms. The Bertz CT molecular complexity index is 1710. The number of hydrogen-bond donors (Lipinski definition) is 0. The van der Waals surface area contributed by atoms with Crippen LogP contribution in [-0.2, 0) is 24.3 Å². The Morgan fingerprint density at radius 2 is 1.74 bits per heavy atom. The lowest BCUT2D eigenvalue weighted by Crippen LogP contribution is -2.39. The van der Waals surface area contributed by atoms with Crippen molar-refractivity contribution >= 4 is 61.6 Å². The van der Waals surface area contributed by atoms with Crippen molar-refractivity contribution in [2.45, 2.75) is 50.2 Å². The Morgan fingerprint density at radius 1 is 1.05 bits per heavy atom. The van der Waals surface area contributed by atoms with Gasteiger partial charge in [-0.05, 0) is 76.1 Å². The van der Waals surface area contributed by atoms with E-state index in [0.29, 0.717) is 11.9 Å². The number of nitrogens with zero attached hydrogens (tertiary/aromatic N) is 5. The molecule has 1 aliphatic rings. The van der Waals surface area contributed by atoms with Crippen molar-refractivity contribution in [3.05, 3.63) is 71.1 Å². The fourth-order valence-corrected chi connectivity index (χ4v) is 7.10. The number of hydrogen-bond acceptors (Lipinski definition) is 8. The lowest BCUT2D eigenvalue weighted by atomic mass is 10.1. The van der Waals surface area contributed by atoms with Gasteiger partial charge in [0.1, 0.15) is 18.0 Å². The number of halogens is 2. The van der Waals surface area contributed by atoms with E-state index in [2.05, 4.69) is 14.9 Å². The van der Waals surface area contributed by atoms with Crippen LogP contribution in [-0.4, -0.2) is 67.4 Å². The summed E-state index contributed by atoms with van der Waals surface area (Å²) < 4.78 is 41.5. The van der Waals surface area contributed by atoms with E-state index in [1.807, 2.05) is 23.9 Å². The first kappa shape index (κ1) is 31.1. The summed E-state index contributed by atoms with van der Waals surface area (Å²) in [6.07, 6.45) is 7.17. The van der Waals surface area contributed by atoms with Gasteiger partial charge in [-0.25, -0.2) is 18.4 Å². The maximum absolute atomic E-state index is 13.9. The van der Waals surface area contributed by atoms with Crippen LogP contribution in [0.2, 0.25) is 10.0 Å². The molecule has 0 N–H and O–H groups in total. The zero-order valence-corrected chi connectivity index (χ0v) is 26.7. The fraction of sp³-hybridized carbons (Fsp3) is 0.367. The minimum absolute atomic E-state index is 0.146. The highest BCUT2D eigenvalue weighted by Gasteiger charge is 2.30. The first-order valence-corrected chi connectivity index (χ1v) is 16.0. The summed E-state index contributed by atoms with van der Waals surface area (Å²) in [7, 11) is -2.25. The van der Waals surface area contributed by atoms with Gasteiger partial charge in [0.25, 0.3) is 10.0 Å². The molecule has 1 saturated heterocycles. The fourth-order valence-electron chi connectivity index (χ4n) is 4.98. The molecule has 4 aromatic rings. The molecule has 0 bridgehead atoms. The summed E-state index contributed by atoms with van der Waals surface area (Å²) in [6.45, 7) is 6.07. The highest BCUT2D eigenvalue weighted by molar-refractivity contribution is 7.92. The van der Waals surface area contributed by atoms with Gasteiger partial charge in [-0.3, -0.25) is 13.7 Å². The molecule has 0 atom stereocenters. The lowest BCUT2D eigenvalue weighted by molar-refractivity contribution is -0.152. The van der Waals surface area contributed by atoms with Crippen molar-refractivity contribution in [3.8, 4) is 5.82 Å². The van der Waals surface area contributed by atoms with Gasteiger partial charge >= 0.3 is 5.97 Å². The van der Waals surface area contributed by atoms with Gasteiger partial charge in [-0.15, -0.1) is 0 Å². The van der Waals surface area contributed by atoms with Gasteiger partial charge in [0.2, 0.25) is 0 Å². The van der Waals surface area contributed by atoms with Crippen LogP contribution < -0.4 is 9.21 Å². The number of anilines is 2. The minimum Gasteiger partial charge on any atom is -0.459 e. The van der Waals surface area contributed by atoms with Crippen LogP contribution >= 0.6 is 23.2 Å². The van der Waals surface area contributed by atoms with Crippen molar-refractivity contribution < 1.29 is 22.7 Å². The summed E-state index contributed by atoms with van der Waals surface area (Å²) >= 11 is 12.2. The predicted octanol–water partition coefficient (Wildman–Crippen LogP) is 5.88. The first-order chi connectivity index (χ1) is 20.3. The number of carbonyl (C=O) groups excluding carboxylic acids is 1. The molecule has 5 rings (SSSR count). The van der Waals surface area contributed by atoms with E-state index in [0.717, 1.165) is 47.1 Å². The van der Waals surface area contributed by atoms with Crippen molar-refractivity contribution in [1.29, 1.82) is 0 Å². The minimum atomic E-state index is -4.26. The maximum Gasteiger partial charge on any atom is 0.327 e. The molecule has 0 spiro atoms. The molecule has 1 aliphatic heterocycles. The van der Waals surface area contributed by atoms with Crippen LogP contribution in [0, 0.1) is 0 Å². The second-order valence-electron chi connectivity index (χ2n) is 11.3. The van der Waals surface area contributed by atoms with Gasteiger partial charge in [-0.1, -0.05) is 23.2 Å². The average molecular weight is 647 g/mol. The van der Waals surface area contributed by atoms with Crippen LogP contribution in [0.15, 0.2) is 66.0 Å². The second-order valence-corrected chi connectivity index (χ2v) is 14.1. The number of esters is 1. The zero-order chi connectivity index (χ0) is 30.9. The molecular weight excluding hydrogens is 613 g/mol. The summed E-state index contributed by atoms with van der Waals surface area (Å²) in [5, 5.41) is 1.04. The Morgan fingerprint density at radius 3 is 2.37 bits per heavy atom. The third-order valence-corrected chi connectivity index (χ3v) is 9.24. The molecule has 1 fully saturated rings. The van der Waals surface area contributed by atoms with E-state index in [1.54, 1.807) is 51.4 Å². The van der Waals surface area contributed by atoms with Crippen LogP contribution in [0.25, 0.3) is 16.7 Å². The number of carbonyl (C=O) groups is 1. The topological polar surface area (TPSA) is 107 Å². The van der Waals surface area contributed by atoms with E-state index in [9.17, 15) is 13.2 Å². The third kappa shape index (κ3) is 7.06. The quantitative estimate of drug-likeness (QED) is 0.219. The lowest BCUT2D eigenvalue weighted by Gasteiger charge is -2.31. The number of ether oxygens (including phenoxy) is 2. The molecule has 3 heterocycles. The summed E-state index contributed by atoms with van der Waals surface area (Å²) in [5.41, 5.74) is 0.249. The Labute approximate surface area is 261 Å². The van der Waals surface area contributed by atoms with Crippen LogP contribution in [0.3, 0.4) is 0 Å². The SMILES string of the molecule is CN(c1cnc(-n2ccc3cc(N(CC(=O)OC(C)(C)C)S(=O)(=O)c4cc(Cl)cc(Cl)c4)ccc32)cn1)C1CCOCC1. The van der Waals surface area contributed by atoms with E-state index < -0.39 is 28.1 Å². The molecule has 0 saturated carbocycles. The van der Waals surface area contributed by atoms with E-state index in [1.165, 1.54) is 18.2 Å². The molecule has 2 aromatic heterocycles. The molecular formula is C30H33Cl2N5O5S. The normalized spacial score (nSPS) is 14.6. The van der Waals surface area contributed by atoms with E-state index in [-0.39, 0.29) is 20.6 Å². The van der Waals surface area contributed by atoms with Crippen LogP contribution in [0.4, 0.5) is 11.5 Å². The third-order valence-electron chi connectivity index (χ3n) is 7.05. The predicted molar refractivity (Wildman–Crippen MR) is 168 cm³/mol. The molecule has 0 aliphatic carbocycles. The Balaban J connectivity index is 1.47. The summed E-state index contributed by atoms with van der Waals surface area (Å²) in [5.74, 6) is 0.681. The van der Waals surface area contributed by atoms with E-state index in [4.69, 9.17) is 32.7 Å². The van der Waals surface area contributed by atoms with Crippen LogP contribution in [0.5, 0.6) is 0 Å². The standard InChI is InChI=1S/C30H33Cl2N5O5S/c1-30(2,3)42-29(38)19-37(43(39,40)25-15-21(31)14-22(32)16-25)24-5-6-26-20(13-24)7-10-36(26)28-18-33-27(17-34-28)35(4)23-8-11-41-12-9-23/h5-7,10,13-18,23H,8-9,11-12,19H2,1-4H3. The van der Waals surface area contributed by atoms with Crippen molar-refractivity contribution in [1.82, 2.24) is 14.5 Å². The molecule has 43 heavy (non-hydrogen) atoms. The van der Waals surface area contributed by atoms with Gasteiger partial charge < -0.3 is 14.4 Å². The molecule has 0 radical (unpaired) electrons. The number of fused-ring (bicyclic) bond motifs is 1. The van der Waals surface area contributed by atoms with Gasteiger partial charge in [-0.2, -0.15) is 0 Å². The largest absolute Gasteiger partial charge is 0.459 e. The maximum atomic E-state index is 13.9. The molecule has 0 unspecified atom stereocenters.